The molecule has 1 atom stereocenters. The number of hydrogen-bond donors (Lipinski definition) is 2. The molecule has 0 aromatic heterocycles. The van der Waals surface area contributed by atoms with Gasteiger partial charge in [0.2, 0.25) is 0 Å². The third-order valence-electron chi connectivity index (χ3n) is 1.14. The smallest absolute Gasteiger partial charge is 0.0994 e. The van der Waals surface area contributed by atoms with Crippen LogP contribution in [-0.2, 0) is 0 Å². The monoisotopic (exact) mass is 125 g/mol. The Morgan fingerprint density at radius 1 is 1.78 bits per heavy atom. The first-order valence-electron chi connectivity index (χ1n) is 2.97. The number of nitrogens with zero attached hydrogens (tertiary/aromatic N) is 1. The molecule has 1 aliphatic heterocycles. The zero-order valence-electron chi connectivity index (χ0n) is 5.68. The van der Waals surface area contributed by atoms with E-state index in [9.17, 15) is 0 Å². The Bertz CT molecular complexity index is 151. The number of amidine groups is 1. The lowest BCUT2D eigenvalue weighted by molar-refractivity contribution is 0.845. The van der Waals surface area contributed by atoms with Crippen LogP contribution in [0.1, 0.15) is 13.8 Å². The summed E-state index contributed by atoms with van der Waals surface area (Å²) in [7, 11) is 0. The van der Waals surface area contributed by atoms with Gasteiger partial charge in [0, 0.05) is 0 Å². The SMILES string of the molecule is CC1=NC(C)C=C(N)N1. The fourth-order valence-corrected chi connectivity index (χ4v) is 0.885. The molecular weight excluding hydrogens is 114 g/mol. The first-order valence-corrected chi connectivity index (χ1v) is 2.97. The van der Waals surface area contributed by atoms with Gasteiger partial charge in [-0.2, -0.15) is 0 Å². The van der Waals surface area contributed by atoms with Crippen LogP contribution in [0.3, 0.4) is 0 Å². The van der Waals surface area contributed by atoms with Gasteiger partial charge in [-0.05, 0) is 19.9 Å². The summed E-state index contributed by atoms with van der Waals surface area (Å²) in [6, 6.07) is 0.228. The van der Waals surface area contributed by atoms with Gasteiger partial charge >= 0.3 is 0 Å². The topological polar surface area (TPSA) is 50.4 Å². The van der Waals surface area contributed by atoms with E-state index >= 15 is 0 Å². The molecule has 0 saturated heterocycles. The minimum absolute atomic E-state index is 0.228. The first-order chi connectivity index (χ1) is 4.18. The maximum Gasteiger partial charge on any atom is 0.0994 e. The van der Waals surface area contributed by atoms with E-state index in [1.165, 1.54) is 0 Å². The highest BCUT2D eigenvalue weighted by molar-refractivity contribution is 5.82. The number of hydrogen-bond acceptors (Lipinski definition) is 3. The average molecular weight is 125 g/mol. The molecule has 0 bridgehead atoms. The van der Waals surface area contributed by atoms with Gasteiger partial charge < -0.3 is 11.1 Å². The van der Waals surface area contributed by atoms with Crippen LogP contribution in [0.15, 0.2) is 16.9 Å². The molecule has 3 nitrogen and oxygen atoms in total. The van der Waals surface area contributed by atoms with Crippen LogP contribution in [0, 0.1) is 0 Å². The van der Waals surface area contributed by atoms with Crippen LogP contribution in [0.2, 0.25) is 0 Å². The van der Waals surface area contributed by atoms with Crippen molar-refractivity contribution in [3.05, 3.63) is 11.9 Å². The zero-order valence-corrected chi connectivity index (χ0v) is 5.68. The van der Waals surface area contributed by atoms with Crippen molar-refractivity contribution in [3.8, 4) is 0 Å². The van der Waals surface area contributed by atoms with Gasteiger partial charge in [0.15, 0.2) is 0 Å². The van der Waals surface area contributed by atoms with Gasteiger partial charge in [0.1, 0.15) is 0 Å². The molecule has 50 valence electrons. The molecule has 1 aliphatic rings. The van der Waals surface area contributed by atoms with Gasteiger partial charge in [0.05, 0.1) is 17.7 Å². The predicted octanol–water partition coefficient (Wildman–Crippen LogP) is 0.197. The summed E-state index contributed by atoms with van der Waals surface area (Å²) in [5.41, 5.74) is 5.48. The number of rotatable bonds is 0. The highest BCUT2D eigenvalue weighted by Crippen LogP contribution is 1.98. The third-order valence-corrected chi connectivity index (χ3v) is 1.14. The fraction of sp³-hybridized carbons (Fsp3) is 0.500. The largest absolute Gasteiger partial charge is 0.385 e. The summed E-state index contributed by atoms with van der Waals surface area (Å²) >= 11 is 0. The normalized spacial score (nSPS) is 26.2. The zero-order chi connectivity index (χ0) is 6.85. The van der Waals surface area contributed by atoms with Gasteiger partial charge in [-0.1, -0.05) is 0 Å². The first kappa shape index (κ1) is 6.13. The van der Waals surface area contributed by atoms with Gasteiger partial charge in [-0.3, -0.25) is 4.99 Å². The summed E-state index contributed by atoms with van der Waals surface area (Å²) in [4.78, 5) is 4.18. The van der Waals surface area contributed by atoms with Crippen LogP contribution < -0.4 is 11.1 Å². The molecule has 1 unspecified atom stereocenters. The minimum Gasteiger partial charge on any atom is -0.385 e. The van der Waals surface area contributed by atoms with Crippen molar-refractivity contribution in [1.29, 1.82) is 0 Å². The number of aliphatic imine (C=N–C) groups is 1. The van der Waals surface area contributed by atoms with E-state index in [0.29, 0.717) is 5.82 Å². The summed E-state index contributed by atoms with van der Waals surface area (Å²) in [5, 5.41) is 2.90. The summed E-state index contributed by atoms with van der Waals surface area (Å²) in [6.07, 6.45) is 1.88. The van der Waals surface area contributed by atoms with E-state index in [4.69, 9.17) is 5.73 Å². The van der Waals surface area contributed by atoms with Crippen molar-refractivity contribution in [2.75, 3.05) is 0 Å². The second kappa shape index (κ2) is 2.09. The molecule has 3 N–H and O–H groups in total. The predicted molar refractivity (Wildman–Crippen MR) is 38.0 cm³/mol. The van der Waals surface area contributed by atoms with Gasteiger partial charge in [-0.25, -0.2) is 0 Å². The summed E-state index contributed by atoms with van der Waals surface area (Å²) < 4.78 is 0. The van der Waals surface area contributed by atoms with Gasteiger partial charge in [0.25, 0.3) is 0 Å². The Kier molecular flexibility index (Phi) is 1.42. The lowest BCUT2D eigenvalue weighted by Crippen LogP contribution is -2.30. The van der Waals surface area contributed by atoms with Gasteiger partial charge in [-0.15, -0.1) is 0 Å². The Morgan fingerprint density at radius 2 is 2.44 bits per heavy atom. The Hall–Kier alpha value is -0.990. The highest BCUT2D eigenvalue weighted by atomic mass is 15.1. The van der Waals surface area contributed by atoms with E-state index in [0.717, 1.165) is 5.84 Å². The quantitative estimate of drug-likeness (QED) is 0.485. The molecule has 1 rings (SSSR count). The molecule has 0 amide bonds. The van der Waals surface area contributed by atoms with Crippen LogP contribution >= 0.6 is 0 Å². The van der Waals surface area contributed by atoms with Crippen LogP contribution in [-0.4, -0.2) is 11.9 Å². The van der Waals surface area contributed by atoms with Crippen molar-refractivity contribution in [2.45, 2.75) is 19.9 Å². The molecule has 0 aromatic rings. The Balaban J connectivity index is 2.69. The van der Waals surface area contributed by atoms with Crippen LogP contribution in [0.4, 0.5) is 0 Å². The van der Waals surface area contributed by atoms with Crippen molar-refractivity contribution in [3.63, 3.8) is 0 Å². The molecule has 1 heterocycles. The lowest BCUT2D eigenvalue weighted by atomic mass is 10.3. The number of nitrogens with one attached hydrogen (secondary N) is 1. The second-order valence-corrected chi connectivity index (χ2v) is 2.20. The van der Waals surface area contributed by atoms with E-state index in [1.807, 2.05) is 19.9 Å². The van der Waals surface area contributed by atoms with Crippen molar-refractivity contribution in [1.82, 2.24) is 5.32 Å². The molecule has 0 saturated carbocycles. The fourth-order valence-electron chi connectivity index (χ4n) is 0.885. The maximum absolute atomic E-state index is 5.48. The molecule has 0 spiro atoms. The summed E-state index contributed by atoms with van der Waals surface area (Å²) in [5.74, 6) is 1.59. The van der Waals surface area contributed by atoms with Crippen molar-refractivity contribution in [2.24, 2.45) is 10.7 Å². The second-order valence-electron chi connectivity index (χ2n) is 2.20. The summed E-state index contributed by atoms with van der Waals surface area (Å²) in [6.45, 7) is 3.90. The molecule has 0 radical (unpaired) electrons. The van der Waals surface area contributed by atoms with E-state index < -0.39 is 0 Å². The van der Waals surface area contributed by atoms with Crippen LogP contribution in [0.5, 0.6) is 0 Å². The Morgan fingerprint density at radius 3 is 2.89 bits per heavy atom. The van der Waals surface area contributed by atoms with Crippen molar-refractivity contribution < 1.29 is 0 Å². The highest BCUT2D eigenvalue weighted by Gasteiger charge is 2.03. The Labute approximate surface area is 54.7 Å². The molecule has 9 heavy (non-hydrogen) atoms. The van der Waals surface area contributed by atoms with E-state index in [-0.39, 0.29) is 6.04 Å². The maximum atomic E-state index is 5.48. The third kappa shape index (κ3) is 1.45. The lowest BCUT2D eigenvalue weighted by Gasteiger charge is -2.13. The molecule has 0 aromatic carbocycles. The molecule has 3 heteroatoms. The van der Waals surface area contributed by atoms with E-state index in [1.54, 1.807) is 0 Å². The van der Waals surface area contributed by atoms with E-state index in [2.05, 4.69) is 10.3 Å². The minimum atomic E-state index is 0.228. The average Bonchev–Trinajstić information content (AvgIpc) is 1.59. The molecule has 0 aliphatic carbocycles. The molecule has 0 fully saturated rings. The standard InChI is InChI=1S/C6H11N3/c1-4-3-6(7)9-5(2)8-4/h3-4H,7H2,1-2H3,(H,8,9). The van der Waals surface area contributed by atoms with Crippen LogP contribution in [0.25, 0.3) is 0 Å². The molecular formula is C6H11N3. The number of nitrogens with two attached hydrogens (primary N) is 1. The van der Waals surface area contributed by atoms with Crippen molar-refractivity contribution >= 4 is 5.84 Å².